The van der Waals surface area contributed by atoms with E-state index in [1.165, 1.54) is 73.6 Å². The third-order valence-corrected chi connectivity index (χ3v) is 8.53. The Hall–Kier alpha value is -1.66. The molecule has 0 bridgehead atoms. The van der Waals surface area contributed by atoms with Crippen molar-refractivity contribution in [3.63, 3.8) is 0 Å². The molecule has 0 radical (unpaired) electrons. The molecule has 0 saturated heterocycles. The van der Waals surface area contributed by atoms with Gasteiger partial charge in [0.05, 0.1) is 0 Å². The van der Waals surface area contributed by atoms with Gasteiger partial charge in [0.2, 0.25) is 0 Å². The summed E-state index contributed by atoms with van der Waals surface area (Å²) in [4.78, 5) is 0. The zero-order valence-corrected chi connectivity index (χ0v) is 32.1. The summed E-state index contributed by atoms with van der Waals surface area (Å²) in [7, 11) is 0. The van der Waals surface area contributed by atoms with Gasteiger partial charge in [-0.05, 0) is 10.8 Å². The molecule has 1 unspecified atom stereocenters. The Bertz CT molecular complexity index is 1460. The van der Waals surface area contributed by atoms with Crippen molar-refractivity contribution in [3.05, 3.63) is 113 Å². The van der Waals surface area contributed by atoms with Crippen LogP contribution in [0.3, 0.4) is 0 Å². The van der Waals surface area contributed by atoms with E-state index in [9.17, 15) is 0 Å². The Morgan fingerprint density at radius 3 is 1.51 bits per heavy atom. The van der Waals surface area contributed by atoms with Gasteiger partial charge in [-0.1, -0.05) is 129 Å². The Morgan fingerprint density at radius 2 is 1.19 bits per heavy atom. The van der Waals surface area contributed by atoms with Gasteiger partial charge in [0, 0.05) is 0 Å². The number of allylic oxidation sites excluding steroid dienone is 4. The normalized spacial score (nSPS) is 14.8. The Balaban J connectivity index is 0.000000357. The summed E-state index contributed by atoms with van der Waals surface area (Å²) in [5.41, 5.74) is 7.74. The molecule has 43 heavy (non-hydrogen) atoms. The fraction of sp³-hybridized carbons (Fsp3) is 0.400. The zero-order valence-electron chi connectivity index (χ0n) is 28.1. The molecule has 5 rings (SSSR count). The van der Waals surface area contributed by atoms with Gasteiger partial charge in [0.1, 0.15) is 0 Å². The SMILES string of the molecule is CC(C)(C)c1ccc2[cH-]c3ccc(C(C)(C)C)cc3c2c1.CCC1=[C-]C(C)C=C1C(C)(C)C.[Cl-].[Cl-].[Zr+2]=[CH]c1ccccc1. The van der Waals surface area contributed by atoms with Crippen LogP contribution in [0.4, 0.5) is 0 Å². The Labute approximate surface area is 290 Å². The van der Waals surface area contributed by atoms with E-state index in [2.05, 4.69) is 159 Å². The molecule has 0 fully saturated rings. The molecular formula is C40H50Cl2Zr-2. The van der Waals surface area contributed by atoms with E-state index in [1.54, 1.807) is 0 Å². The van der Waals surface area contributed by atoms with Gasteiger partial charge in [-0.25, -0.2) is 5.57 Å². The first kappa shape index (κ1) is 39.4. The minimum atomic E-state index is 0. The van der Waals surface area contributed by atoms with E-state index >= 15 is 0 Å². The molecule has 0 spiro atoms. The minimum absolute atomic E-state index is 0. The van der Waals surface area contributed by atoms with E-state index in [0.717, 1.165) is 6.42 Å². The molecule has 0 N–H and O–H groups in total. The van der Waals surface area contributed by atoms with Crippen LogP contribution in [0.5, 0.6) is 0 Å². The van der Waals surface area contributed by atoms with Crippen LogP contribution < -0.4 is 24.8 Å². The summed E-state index contributed by atoms with van der Waals surface area (Å²) in [5.74, 6) is 0.522. The predicted octanol–water partition coefficient (Wildman–Crippen LogP) is 5.45. The number of hydrogen-bond acceptors (Lipinski definition) is 0. The van der Waals surface area contributed by atoms with Crippen molar-refractivity contribution in [3.8, 4) is 0 Å². The molecule has 0 saturated carbocycles. The van der Waals surface area contributed by atoms with Crippen LogP contribution in [0.25, 0.3) is 21.5 Å². The number of fused-ring (bicyclic) bond motifs is 3. The fourth-order valence-corrected chi connectivity index (χ4v) is 5.69. The molecule has 3 heteroatoms. The second-order valence-corrected chi connectivity index (χ2v) is 15.1. The molecule has 1 aliphatic rings. The van der Waals surface area contributed by atoms with E-state index in [1.807, 2.05) is 6.07 Å². The Kier molecular flexibility index (Phi) is 14.7. The van der Waals surface area contributed by atoms with Gasteiger partial charge in [0.25, 0.3) is 0 Å². The van der Waals surface area contributed by atoms with Gasteiger partial charge in [0.15, 0.2) is 0 Å². The maximum atomic E-state index is 3.48. The molecule has 1 aliphatic carbocycles. The molecular weight excluding hydrogens is 643 g/mol. The molecule has 4 aromatic carbocycles. The molecule has 230 valence electrons. The van der Waals surface area contributed by atoms with Gasteiger partial charge < -0.3 is 24.8 Å². The second kappa shape index (κ2) is 16.1. The summed E-state index contributed by atoms with van der Waals surface area (Å²) in [6.45, 7) is 24.9. The van der Waals surface area contributed by atoms with Crippen molar-refractivity contribution in [2.45, 2.75) is 93.4 Å². The van der Waals surface area contributed by atoms with Crippen molar-refractivity contribution in [2.24, 2.45) is 11.3 Å². The molecule has 0 amide bonds. The molecule has 0 nitrogen and oxygen atoms in total. The Morgan fingerprint density at radius 1 is 0.721 bits per heavy atom. The van der Waals surface area contributed by atoms with Crippen molar-refractivity contribution in [1.29, 1.82) is 0 Å². The fourth-order valence-electron chi connectivity index (χ4n) is 5.22. The predicted molar refractivity (Wildman–Crippen MR) is 180 cm³/mol. The number of halogens is 2. The molecule has 1 atom stereocenters. The van der Waals surface area contributed by atoms with Crippen LogP contribution in [0.15, 0.2) is 90.0 Å². The monoisotopic (exact) mass is 690 g/mol. The van der Waals surface area contributed by atoms with Crippen LogP contribution >= 0.6 is 0 Å². The topological polar surface area (TPSA) is 0 Å². The first-order valence-corrected chi connectivity index (χ1v) is 16.5. The third kappa shape index (κ3) is 10.7. The maximum absolute atomic E-state index is 3.48. The third-order valence-electron chi connectivity index (χ3n) is 7.71. The van der Waals surface area contributed by atoms with Crippen LogP contribution in [-0.4, -0.2) is 3.71 Å². The summed E-state index contributed by atoms with van der Waals surface area (Å²) in [6.07, 6.45) is 6.95. The van der Waals surface area contributed by atoms with Crippen molar-refractivity contribution < 1.29 is 49.0 Å². The van der Waals surface area contributed by atoms with Gasteiger partial charge >= 0.3 is 63.8 Å². The van der Waals surface area contributed by atoms with Gasteiger partial charge in [-0.3, -0.25) is 6.08 Å². The standard InChI is InChI=1S/C21H25.C12H19.C7H6.2ClH.Zr/c1-20(2,3)16-9-7-14-11-15-8-10-17(21(4,5)6)13-19(15)18(14)12-16;1-6-10-7-9(2)8-11(10)12(3,4)5;1-7-5-3-2-4-6-7;;;/h7-13H,1-6H3;8-9H,6H2,1-5H3;1-6H;2*1H;/q2*-1;;;;+2/p-2. The zero-order chi connectivity index (χ0) is 30.6. The average molecular weight is 693 g/mol. The average Bonchev–Trinajstić information content (AvgIpc) is 3.48. The van der Waals surface area contributed by atoms with E-state index in [4.69, 9.17) is 0 Å². The van der Waals surface area contributed by atoms with Crippen molar-refractivity contribution in [1.82, 2.24) is 0 Å². The first-order valence-electron chi connectivity index (χ1n) is 15.1. The summed E-state index contributed by atoms with van der Waals surface area (Å²) >= 11 is 1.46. The number of benzene rings is 3. The van der Waals surface area contributed by atoms with Crippen LogP contribution in [0.2, 0.25) is 0 Å². The number of rotatable bonds is 2. The molecule has 0 aliphatic heterocycles. The van der Waals surface area contributed by atoms with Crippen LogP contribution in [-0.2, 0) is 35.1 Å². The summed E-state index contributed by atoms with van der Waals surface area (Å²) < 4.78 is 2.17. The van der Waals surface area contributed by atoms with E-state index < -0.39 is 0 Å². The molecule has 4 aromatic rings. The molecule has 0 aromatic heterocycles. The van der Waals surface area contributed by atoms with E-state index in [0.29, 0.717) is 11.3 Å². The molecule has 0 heterocycles. The number of hydrogen-bond donors (Lipinski definition) is 0. The quantitative estimate of drug-likeness (QED) is 0.246. The van der Waals surface area contributed by atoms with Crippen molar-refractivity contribution in [2.75, 3.05) is 0 Å². The second-order valence-electron chi connectivity index (χ2n) is 14.4. The summed E-state index contributed by atoms with van der Waals surface area (Å²) in [5, 5.41) is 5.49. The van der Waals surface area contributed by atoms with Crippen LogP contribution in [0, 0.1) is 17.4 Å². The van der Waals surface area contributed by atoms with Gasteiger partial charge in [-0.15, -0.1) is 39.7 Å². The van der Waals surface area contributed by atoms with Crippen LogP contribution in [0.1, 0.15) is 99.3 Å². The van der Waals surface area contributed by atoms with Crippen molar-refractivity contribution >= 4 is 25.3 Å². The summed E-state index contributed by atoms with van der Waals surface area (Å²) in [6, 6.07) is 26.5. The van der Waals surface area contributed by atoms with E-state index in [-0.39, 0.29) is 35.6 Å². The van der Waals surface area contributed by atoms with Gasteiger partial charge in [-0.2, -0.15) is 11.6 Å². The first-order chi connectivity index (χ1) is 19.0.